The van der Waals surface area contributed by atoms with Crippen molar-refractivity contribution in [3.8, 4) is 0 Å². The van der Waals surface area contributed by atoms with Crippen LogP contribution in [0.25, 0.3) is 27.6 Å². The standard InChI is InChI=1S/C40H28N2O6/c1-21-3-9-26(10-4-21)42-37(44)23-7-13-27-30-16-18-32(38(45)41(2)25-11-5-22(6-12-25)40(47)48)34-24(20-43)8-14-29(36(30)34)28-15-17-31(39(42)46)33(19-23)35(27)28/h3-6,8-12,14-20,33H,7,13H2,1-2H3,(H,47,48). The van der Waals surface area contributed by atoms with E-state index in [2.05, 4.69) is 0 Å². The van der Waals surface area contributed by atoms with Gasteiger partial charge in [0.2, 0.25) is 0 Å². The van der Waals surface area contributed by atoms with Gasteiger partial charge in [0.05, 0.1) is 11.3 Å². The topological polar surface area (TPSA) is 112 Å². The average molecular weight is 633 g/mol. The zero-order valence-corrected chi connectivity index (χ0v) is 26.1. The van der Waals surface area contributed by atoms with Gasteiger partial charge in [0.25, 0.3) is 17.7 Å². The molecule has 0 aromatic heterocycles. The predicted octanol–water partition coefficient (Wildman–Crippen LogP) is 6.06. The second kappa shape index (κ2) is 10.7. The first kappa shape index (κ1) is 29.3. The fourth-order valence-electron chi connectivity index (χ4n) is 7.48. The number of carboxylic acids is 1. The lowest BCUT2D eigenvalue weighted by Crippen LogP contribution is -2.39. The molecular weight excluding hydrogens is 604 g/mol. The molecule has 1 N–H and O–H groups in total. The van der Waals surface area contributed by atoms with E-state index in [9.17, 15) is 29.1 Å². The van der Waals surface area contributed by atoms with Crippen molar-refractivity contribution in [2.24, 2.45) is 0 Å². The van der Waals surface area contributed by atoms with Gasteiger partial charge in [0, 0.05) is 46.3 Å². The molecule has 8 heteroatoms. The number of carbonyl (C=O) groups is 5. The molecule has 2 aliphatic carbocycles. The van der Waals surface area contributed by atoms with Crippen molar-refractivity contribution in [2.75, 3.05) is 16.8 Å². The number of hydrogen-bond acceptors (Lipinski definition) is 5. The van der Waals surface area contributed by atoms with Gasteiger partial charge in [-0.3, -0.25) is 19.2 Å². The Labute approximate surface area is 274 Å². The first-order valence-electron chi connectivity index (χ1n) is 15.7. The quantitative estimate of drug-likeness (QED) is 0.186. The van der Waals surface area contributed by atoms with Gasteiger partial charge in [-0.15, -0.1) is 0 Å². The van der Waals surface area contributed by atoms with E-state index in [-0.39, 0.29) is 23.3 Å². The van der Waals surface area contributed by atoms with Gasteiger partial charge >= 0.3 is 5.97 Å². The van der Waals surface area contributed by atoms with Crippen LogP contribution >= 0.6 is 0 Å². The monoisotopic (exact) mass is 632 g/mol. The first-order chi connectivity index (χ1) is 23.2. The number of amides is 3. The number of fused-ring (bicyclic) bond motifs is 2. The summed E-state index contributed by atoms with van der Waals surface area (Å²) in [5.74, 6) is -2.52. The van der Waals surface area contributed by atoms with Crippen molar-refractivity contribution >= 4 is 69.0 Å². The normalized spacial score (nSPS) is 16.5. The zero-order chi connectivity index (χ0) is 33.4. The van der Waals surface area contributed by atoms with Crippen molar-refractivity contribution in [1.29, 1.82) is 0 Å². The SMILES string of the molecule is Cc1ccc(N2C(=O)C3=CC4C(=CC=c5c4c(c4ccc(C(=O)N(C)c6ccc(C(=O)O)cc6)c6c(C=O)ccc5c46)CC3)C2=O)cc1. The number of carboxylic acid groups (broad SMARTS) is 1. The molecule has 0 saturated heterocycles. The summed E-state index contributed by atoms with van der Waals surface area (Å²) in [5, 5.41) is 13.2. The molecule has 1 heterocycles. The smallest absolute Gasteiger partial charge is 0.335 e. The van der Waals surface area contributed by atoms with Gasteiger partial charge in [-0.05, 0) is 94.7 Å². The van der Waals surface area contributed by atoms with Crippen LogP contribution in [0.3, 0.4) is 0 Å². The highest BCUT2D eigenvalue weighted by Crippen LogP contribution is 2.44. The lowest BCUT2D eigenvalue weighted by molar-refractivity contribution is -0.122. The molecule has 8 rings (SSSR count). The van der Waals surface area contributed by atoms with Crippen molar-refractivity contribution in [3.63, 3.8) is 0 Å². The molecule has 5 aromatic rings. The fourth-order valence-corrected chi connectivity index (χ4v) is 7.48. The van der Waals surface area contributed by atoms with Crippen LogP contribution in [0, 0.1) is 6.92 Å². The number of carbonyl (C=O) groups excluding carboxylic acids is 4. The van der Waals surface area contributed by atoms with Crippen molar-refractivity contribution in [1.82, 2.24) is 0 Å². The summed E-state index contributed by atoms with van der Waals surface area (Å²) in [6.07, 6.45) is 7.38. The largest absolute Gasteiger partial charge is 0.478 e. The third-order valence-corrected chi connectivity index (χ3v) is 9.89. The van der Waals surface area contributed by atoms with Crippen molar-refractivity contribution in [3.05, 3.63) is 135 Å². The van der Waals surface area contributed by atoms with Crippen molar-refractivity contribution < 1.29 is 29.1 Å². The second-order valence-electron chi connectivity index (χ2n) is 12.5. The number of aldehydes is 1. The molecule has 1 aliphatic heterocycles. The molecule has 234 valence electrons. The highest BCUT2D eigenvalue weighted by molar-refractivity contribution is 6.29. The summed E-state index contributed by atoms with van der Waals surface area (Å²) in [5.41, 5.74) is 5.93. The summed E-state index contributed by atoms with van der Waals surface area (Å²) in [6, 6.07) is 20.7. The highest BCUT2D eigenvalue weighted by atomic mass is 16.4. The molecule has 0 fully saturated rings. The van der Waals surface area contributed by atoms with Gasteiger partial charge in [0.1, 0.15) is 0 Å². The summed E-state index contributed by atoms with van der Waals surface area (Å²) >= 11 is 0. The van der Waals surface area contributed by atoms with Crippen LogP contribution in [0.4, 0.5) is 11.4 Å². The Hall–Kier alpha value is -6.15. The lowest BCUT2D eigenvalue weighted by Gasteiger charge is -2.28. The molecule has 3 amide bonds. The minimum Gasteiger partial charge on any atom is -0.478 e. The van der Waals surface area contributed by atoms with Gasteiger partial charge in [-0.1, -0.05) is 54.1 Å². The number of imide groups is 1. The molecule has 5 aromatic carbocycles. The second-order valence-corrected chi connectivity index (χ2v) is 12.5. The molecule has 1 atom stereocenters. The number of hydrogen-bond donors (Lipinski definition) is 1. The maximum absolute atomic E-state index is 14.1. The minimum absolute atomic E-state index is 0.108. The van der Waals surface area contributed by atoms with Crippen LogP contribution in [0.15, 0.2) is 96.1 Å². The number of allylic oxidation sites excluding steroid dienone is 2. The van der Waals surface area contributed by atoms with E-state index in [1.807, 2.05) is 43.3 Å². The van der Waals surface area contributed by atoms with Crippen LogP contribution in [-0.2, 0) is 16.0 Å². The van der Waals surface area contributed by atoms with E-state index in [0.717, 1.165) is 44.4 Å². The van der Waals surface area contributed by atoms with E-state index < -0.39 is 11.9 Å². The summed E-state index contributed by atoms with van der Waals surface area (Å²) in [7, 11) is 1.61. The number of benzene rings is 5. The molecule has 48 heavy (non-hydrogen) atoms. The first-order valence-corrected chi connectivity index (χ1v) is 15.7. The maximum atomic E-state index is 14.1. The van der Waals surface area contributed by atoms with Crippen LogP contribution in [0.2, 0.25) is 0 Å². The molecule has 2 bridgehead atoms. The maximum Gasteiger partial charge on any atom is 0.335 e. The van der Waals surface area contributed by atoms with Crippen LogP contribution in [-0.4, -0.2) is 42.1 Å². The summed E-state index contributed by atoms with van der Waals surface area (Å²) < 4.78 is 0. The fraction of sp³-hybridized carbons (Fsp3) is 0.125. The molecule has 0 spiro atoms. The molecule has 3 aliphatic rings. The van der Waals surface area contributed by atoms with Gasteiger partial charge < -0.3 is 10.0 Å². The lowest BCUT2D eigenvalue weighted by atomic mass is 9.78. The summed E-state index contributed by atoms with van der Waals surface area (Å²) in [6.45, 7) is 1.96. The van der Waals surface area contributed by atoms with E-state index >= 15 is 0 Å². The van der Waals surface area contributed by atoms with Crippen molar-refractivity contribution in [2.45, 2.75) is 25.7 Å². The molecule has 0 radical (unpaired) electrons. The number of nitrogens with zero attached hydrogens (tertiary/aromatic N) is 2. The Morgan fingerprint density at radius 3 is 2.29 bits per heavy atom. The van der Waals surface area contributed by atoms with Crippen LogP contribution < -0.4 is 15.0 Å². The van der Waals surface area contributed by atoms with Gasteiger partial charge in [-0.25, -0.2) is 9.69 Å². The number of aromatic carboxylic acids is 1. The molecule has 8 nitrogen and oxygen atoms in total. The molecule has 0 saturated carbocycles. The Balaban J connectivity index is 1.33. The van der Waals surface area contributed by atoms with Gasteiger partial charge in [-0.2, -0.15) is 0 Å². The third kappa shape index (κ3) is 4.19. The average Bonchev–Trinajstić information content (AvgIpc) is 3.37. The van der Waals surface area contributed by atoms with Crippen LogP contribution in [0.5, 0.6) is 0 Å². The van der Waals surface area contributed by atoms with E-state index in [1.165, 1.54) is 21.9 Å². The third-order valence-electron chi connectivity index (χ3n) is 9.89. The van der Waals surface area contributed by atoms with E-state index in [0.29, 0.717) is 51.9 Å². The zero-order valence-electron chi connectivity index (χ0n) is 26.1. The molecular formula is C40H28N2O6. The molecule has 1 unspecified atom stereocenters. The Kier molecular flexibility index (Phi) is 6.53. The number of aryl methyl sites for hydroxylation is 2. The highest BCUT2D eigenvalue weighted by Gasteiger charge is 2.40. The predicted molar refractivity (Wildman–Crippen MR) is 184 cm³/mol. The van der Waals surface area contributed by atoms with Crippen LogP contribution in [0.1, 0.15) is 60.1 Å². The Bertz CT molecular complexity index is 2420. The Morgan fingerprint density at radius 2 is 1.58 bits per heavy atom. The number of rotatable bonds is 5. The number of anilines is 2. The van der Waals surface area contributed by atoms with E-state index in [1.54, 1.807) is 49.5 Å². The Morgan fingerprint density at radius 1 is 0.854 bits per heavy atom. The van der Waals surface area contributed by atoms with Gasteiger partial charge in [0.15, 0.2) is 6.29 Å². The minimum atomic E-state index is -1.06. The van der Waals surface area contributed by atoms with E-state index in [4.69, 9.17) is 0 Å². The summed E-state index contributed by atoms with van der Waals surface area (Å²) in [4.78, 5) is 68.8.